The number of halogens is 1. The number of hydrogen-bond donors (Lipinski definition) is 1. The van der Waals surface area contributed by atoms with Gasteiger partial charge < -0.3 is 5.32 Å². The topological polar surface area (TPSA) is 59.8 Å². The van der Waals surface area contributed by atoms with Crippen molar-refractivity contribution in [3.63, 3.8) is 0 Å². The molecule has 150 valence electrons. The zero-order valence-corrected chi connectivity index (χ0v) is 17.6. The number of rotatable bonds is 7. The minimum atomic E-state index is -0.261. The second kappa shape index (κ2) is 9.61. The van der Waals surface area contributed by atoms with E-state index in [0.29, 0.717) is 10.2 Å². The molecule has 0 aliphatic carbocycles. The van der Waals surface area contributed by atoms with Crippen LogP contribution in [0.25, 0.3) is 5.69 Å². The van der Waals surface area contributed by atoms with Gasteiger partial charge >= 0.3 is 0 Å². The van der Waals surface area contributed by atoms with Crippen molar-refractivity contribution in [2.75, 3.05) is 5.75 Å². The largest absolute Gasteiger partial charge is 0.344 e. The van der Waals surface area contributed by atoms with E-state index in [1.54, 1.807) is 6.33 Å². The van der Waals surface area contributed by atoms with Gasteiger partial charge in [0.15, 0.2) is 5.16 Å². The van der Waals surface area contributed by atoms with Crippen LogP contribution in [-0.4, -0.2) is 26.4 Å². The summed E-state index contributed by atoms with van der Waals surface area (Å²) in [5.74, 6) is 0.133. The van der Waals surface area contributed by atoms with E-state index in [1.807, 2.05) is 89.5 Å². The molecule has 1 aromatic heterocycles. The first kappa shape index (κ1) is 20.2. The summed E-state index contributed by atoms with van der Waals surface area (Å²) < 4.78 is 1.87. The maximum atomic E-state index is 12.8. The Kier molecular flexibility index (Phi) is 6.47. The van der Waals surface area contributed by atoms with Crippen molar-refractivity contribution in [3.8, 4) is 5.69 Å². The monoisotopic (exact) mass is 434 g/mol. The highest BCUT2D eigenvalue weighted by molar-refractivity contribution is 7.99. The smallest absolute Gasteiger partial charge is 0.231 e. The van der Waals surface area contributed by atoms with Crippen molar-refractivity contribution in [2.45, 2.75) is 11.2 Å². The fraction of sp³-hybridized carbons (Fsp3) is 0.0870. The van der Waals surface area contributed by atoms with Gasteiger partial charge in [0, 0.05) is 10.7 Å². The SMILES string of the molecule is O=C(CSc1nncn1-c1ccccc1)N[C@H](c1ccccc1)c1ccc(Cl)cc1. The zero-order valence-electron chi connectivity index (χ0n) is 16.0. The third-order valence-electron chi connectivity index (χ3n) is 4.52. The highest BCUT2D eigenvalue weighted by atomic mass is 35.5. The first-order valence-corrected chi connectivity index (χ1v) is 10.7. The molecule has 0 fully saturated rings. The number of benzene rings is 3. The van der Waals surface area contributed by atoms with Gasteiger partial charge in [-0.25, -0.2) is 0 Å². The molecule has 1 amide bonds. The molecule has 0 aliphatic rings. The summed E-state index contributed by atoms with van der Waals surface area (Å²) in [5, 5.41) is 12.6. The molecule has 0 spiro atoms. The molecule has 0 saturated heterocycles. The molecule has 5 nitrogen and oxygen atoms in total. The van der Waals surface area contributed by atoms with Crippen LogP contribution in [0.5, 0.6) is 0 Å². The average Bonchev–Trinajstić information content (AvgIpc) is 3.27. The number of amides is 1. The minimum absolute atomic E-state index is 0.0913. The van der Waals surface area contributed by atoms with E-state index < -0.39 is 0 Å². The average molecular weight is 435 g/mol. The van der Waals surface area contributed by atoms with Crippen LogP contribution >= 0.6 is 23.4 Å². The lowest BCUT2D eigenvalue weighted by molar-refractivity contribution is -0.119. The Hall–Kier alpha value is -3.09. The molecule has 0 aliphatic heterocycles. The van der Waals surface area contributed by atoms with E-state index in [0.717, 1.165) is 16.8 Å². The van der Waals surface area contributed by atoms with Crippen LogP contribution in [0, 0.1) is 0 Å². The number of carbonyl (C=O) groups is 1. The summed E-state index contributed by atoms with van der Waals surface area (Å²) in [6, 6.07) is 26.9. The molecule has 1 atom stereocenters. The molecule has 1 N–H and O–H groups in total. The van der Waals surface area contributed by atoms with Gasteiger partial charge in [0.2, 0.25) is 5.91 Å². The van der Waals surface area contributed by atoms with Crippen molar-refractivity contribution < 1.29 is 4.79 Å². The predicted octanol–water partition coefficient (Wildman–Crippen LogP) is 4.92. The normalized spacial score (nSPS) is 11.8. The highest BCUT2D eigenvalue weighted by Gasteiger charge is 2.18. The standard InChI is InChI=1S/C23H19ClN4OS/c24-19-13-11-18(12-14-19)22(17-7-3-1-4-8-17)26-21(29)15-30-23-27-25-16-28(23)20-9-5-2-6-10-20/h1-14,16,22H,15H2,(H,26,29)/t22-/m1/s1. The number of nitrogens with zero attached hydrogens (tertiary/aromatic N) is 3. The second-order valence-electron chi connectivity index (χ2n) is 6.57. The molecule has 7 heteroatoms. The van der Waals surface area contributed by atoms with Gasteiger partial charge in [-0.15, -0.1) is 10.2 Å². The Morgan fingerprint density at radius 2 is 1.57 bits per heavy atom. The lowest BCUT2D eigenvalue weighted by atomic mass is 9.99. The zero-order chi connectivity index (χ0) is 20.8. The van der Waals surface area contributed by atoms with Gasteiger partial charge in [-0.3, -0.25) is 9.36 Å². The number of carbonyl (C=O) groups excluding carboxylic acids is 1. The second-order valence-corrected chi connectivity index (χ2v) is 7.95. The number of nitrogens with one attached hydrogen (secondary N) is 1. The molecule has 3 aromatic carbocycles. The molecule has 0 unspecified atom stereocenters. The van der Waals surface area contributed by atoms with Crippen molar-refractivity contribution in [2.24, 2.45) is 0 Å². The van der Waals surface area contributed by atoms with Crippen LogP contribution in [0.1, 0.15) is 17.2 Å². The quantitative estimate of drug-likeness (QED) is 0.419. The lowest BCUT2D eigenvalue weighted by Crippen LogP contribution is -2.30. The number of para-hydroxylation sites is 1. The Balaban J connectivity index is 1.48. The molecule has 0 radical (unpaired) electrons. The predicted molar refractivity (Wildman–Crippen MR) is 120 cm³/mol. The molecular weight excluding hydrogens is 416 g/mol. The number of hydrogen-bond acceptors (Lipinski definition) is 4. The lowest BCUT2D eigenvalue weighted by Gasteiger charge is -2.20. The van der Waals surface area contributed by atoms with E-state index in [4.69, 9.17) is 11.6 Å². The summed E-state index contributed by atoms with van der Waals surface area (Å²) in [5.41, 5.74) is 2.93. The highest BCUT2D eigenvalue weighted by Crippen LogP contribution is 2.24. The van der Waals surface area contributed by atoms with Gasteiger partial charge in [-0.2, -0.15) is 0 Å². The van der Waals surface area contributed by atoms with E-state index in [-0.39, 0.29) is 17.7 Å². The molecule has 1 heterocycles. The third-order valence-corrected chi connectivity index (χ3v) is 5.72. The molecular formula is C23H19ClN4OS. The van der Waals surface area contributed by atoms with E-state index >= 15 is 0 Å². The summed E-state index contributed by atoms with van der Waals surface area (Å²) in [7, 11) is 0. The Morgan fingerprint density at radius 1 is 0.933 bits per heavy atom. The van der Waals surface area contributed by atoms with Gasteiger partial charge in [0.05, 0.1) is 11.8 Å². The van der Waals surface area contributed by atoms with Gasteiger partial charge in [-0.1, -0.05) is 84.0 Å². The summed E-state index contributed by atoms with van der Waals surface area (Å²) in [6.45, 7) is 0. The first-order valence-electron chi connectivity index (χ1n) is 9.39. The minimum Gasteiger partial charge on any atom is -0.344 e. The van der Waals surface area contributed by atoms with Crippen molar-refractivity contribution in [1.29, 1.82) is 0 Å². The Bertz CT molecular complexity index is 1100. The molecule has 4 rings (SSSR count). The molecule has 4 aromatic rings. The number of thioether (sulfide) groups is 1. The van der Waals surface area contributed by atoms with Crippen molar-refractivity contribution >= 4 is 29.3 Å². The third kappa shape index (κ3) is 4.90. The van der Waals surface area contributed by atoms with Gasteiger partial charge in [0.25, 0.3) is 0 Å². The van der Waals surface area contributed by atoms with Crippen LogP contribution in [-0.2, 0) is 4.79 Å². The first-order chi connectivity index (χ1) is 14.7. The van der Waals surface area contributed by atoms with E-state index in [1.165, 1.54) is 11.8 Å². The van der Waals surface area contributed by atoms with Crippen LogP contribution in [0.15, 0.2) is 96.4 Å². The van der Waals surface area contributed by atoms with Crippen molar-refractivity contribution in [1.82, 2.24) is 20.1 Å². The fourth-order valence-electron chi connectivity index (χ4n) is 3.08. The van der Waals surface area contributed by atoms with E-state index in [2.05, 4.69) is 15.5 Å². The van der Waals surface area contributed by atoms with E-state index in [9.17, 15) is 4.79 Å². The fourth-order valence-corrected chi connectivity index (χ4v) is 3.95. The molecule has 30 heavy (non-hydrogen) atoms. The van der Waals surface area contributed by atoms with Crippen molar-refractivity contribution in [3.05, 3.63) is 107 Å². The summed E-state index contributed by atoms with van der Waals surface area (Å²) in [4.78, 5) is 12.8. The molecule has 0 saturated carbocycles. The van der Waals surface area contributed by atoms with Crippen LogP contribution < -0.4 is 5.32 Å². The maximum absolute atomic E-state index is 12.8. The number of aromatic nitrogens is 3. The van der Waals surface area contributed by atoms with Crippen LogP contribution in [0.4, 0.5) is 0 Å². The Labute approximate surface area is 184 Å². The summed E-state index contributed by atoms with van der Waals surface area (Å²) in [6.07, 6.45) is 1.65. The maximum Gasteiger partial charge on any atom is 0.231 e. The van der Waals surface area contributed by atoms with Crippen LogP contribution in [0.2, 0.25) is 5.02 Å². The summed E-state index contributed by atoms with van der Waals surface area (Å²) >= 11 is 7.38. The van der Waals surface area contributed by atoms with Gasteiger partial charge in [-0.05, 0) is 35.4 Å². The van der Waals surface area contributed by atoms with Gasteiger partial charge in [0.1, 0.15) is 6.33 Å². The Morgan fingerprint density at radius 3 is 2.27 bits per heavy atom. The van der Waals surface area contributed by atoms with Crippen LogP contribution in [0.3, 0.4) is 0 Å². The molecule has 0 bridgehead atoms.